The first-order chi connectivity index (χ1) is 20.8. The largest absolute Gasteiger partial charge is 0.480 e. The van der Waals surface area contributed by atoms with E-state index in [1.54, 1.807) is 12.1 Å². The first-order valence-corrected chi connectivity index (χ1v) is 13.7. The van der Waals surface area contributed by atoms with Crippen molar-refractivity contribution in [2.45, 2.75) is 32.4 Å². The van der Waals surface area contributed by atoms with Gasteiger partial charge in [-0.2, -0.15) is 4.98 Å². The van der Waals surface area contributed by atoms with Gasteiger partial charge < -0.3 is 41.0 Å². The van der Waals surface area contributed by atoms with Crippen LogP contribution in [-0.2, 0) is 30.3 Å². The van der Waals surface area contributed by atoms with Gasteiger partial charge in [-0.15, -0.1) is 0 Å². The van der Waals surface area contributed by atoms with Crippen LogP contribution in [0.2, 0.25) is 0 Å². The Kier molecular flexibility index (Phi) is 13.2. The number of hydrogen-bond acceptors (Lipinski definition) is 12. The summed E-state index contributed by atoms with van der Waals surface area (Å²) in [5, 5.41) is 17.7. The number of nitrogens with one attached hydrogen (secondary N) is 4. The number of aliphatic carboxylic acids is 1. The number of carbonyl (C=O) groups is 3. The molecule has 16 heteroatoms. The van der Waals surface area contributed by atoms with Crippen molar-refractivity contribution < 1.29 is 33.7 Å². The number of carboxylic acids is 1. The van der Waals surface area contributed by atoms with Crippen molar-refractivity contribution in [3.63, 3.8) is 0 Å². The van der Waals surface area contributed by atoms with E-state index in [9.17, 15) is 24.3 Å². The van der Waals surface area contributed by atoms with E-state index in [0.29, 0.717) is 44.4 Å². The lowest BCUT2D eigenvalue weighted by Gasteiger charge is -2.15. The maximum Gasteiger partial charge on any atom is 0.326 e. The molecule has 0 bridgehead atoms. The first kappa shape index (κ1) is 32.8. The quantitative estimate of drug-likeness (QED) is 0.100. The molecule has 2 aromatic heterocycles. The molecule has 0 spiro atoms. The second-order valence-electron chi connectivity index (χ2n) is 9.09. The topological polar surface area (TPSA) is 233 Å². The number of aromatic nitrogens is 4. The van der Waals surface area contributed by atoms with Crippen molar-refractivity contribution in [3.05, 3.63) is 52.1 Å². The highest BCUT2D eigenvalue weighted by Crippen LogP contribution is 2.12. The Hall–Kier alpha value is -4.67. The molecule has 0 fully saturated rings. The Morgan fingerprint density at radius 3 is 2.42 bits per heavy atom. The second kappa shape index (κ2) is 17.3. The molecule has 2 heterocycles. The molecule has 0 aliphatic rings. The van der Waals surface area contributed by atoms with Crippen molar-refractivity contribution in [1.82, 2.24) is 30.6 Å². The summed E-state index contributed by atoms with van der Waals surface area (Å²) in [5.41, 5.74) is 6.57. The van der Waals surface area contributed by atoms with Crippen LogP contribution in [0.4, 0.5) is 11.6 Å². The number of H-pyrrole nitrogens is 1. The minimum absolute atomic E-state index is 0.0501. The van der Waals surface area contributed by atoms with Crippen LogP contribution in [-0.4, -0.2) is 95.1 Å². The van der Waals surface area contributed by atoms with Crippen LogP contribution in [0.15, 0.2) is 35.3 Å². The number of carboxylic acid groups (broad SMARTS) is 1. The van der Waals surface area contributed by atoms with Gasteiger partial charge in [-0.05, 0) is 37.6 Å². The summed E-state index contributed by atoms with van der Waals surface area (Å²) in [5.74, 6) is -2.25. The molecule has 1 atom stereocenters. The number of nitrogens with two attached hydrogens (primary N) is 1. The molecule has 3 rings (SSSR count). The molecule has 1 aromatic carbocycles. The van der Waals surface area contributed by atoms with Gasteiger partial charge in [0.05, 0.1) is 51.5 Å². The molecular formula is C27H36N8O8. The third-order valence-corrected chi connectivity index (χ3v) is 5.89. The van der Waals surface area contributed by atoms with Crippen LogP contribution < -0.4 is 27.2 Å². The average Bonchev–Trinajstić information content (AvgIpc) is 2.99. The highest BCUT2D eigenvalue weighted by Gasteiger charge is 2.21. The third-order valence-electron chi connectivity index (χ3n) is 5.89. The predicted octanol–water partition coefficient (Wildman–Crippen LogP) is 0.0565. The molecule has 0 saturated heterocycles. The van der Waals surface area contributed by atoms with E-state index >= 15 is 0 Å². The van der Waals surface area contributed by atoms with Gasteiger partial charge in [-0.1, -0.05) is 0 Å². The van der Waals surface area contributed by atoms with E-state index in [4.69, 9.17) is 19.9 Å². The summed E-state index contributed by atoms with van der Waals surface area (Å²) in [4.78, 5) is 63.1. The van der Waals surface area contributed by atoms with Crippen LogP contribution in [0.5, 0.6) is 0 Å². The molecule has 1 unspecified atom stereocenters. The Morgan fingerprint density at radius 2 is 1.72 bits per heavy atom. The zero-order valence-corrected chi connectivity index (χ0v) is 23.8. The standard InChI is InChI=1S/C27H36N8O8/c1-2-41-11-12-43-14-13-42-10-9-29-21(36)8-7-20(26(39)40)33-24(37)17-3-5-18(6-4-17)30-15-19-16-31-23-22(32-19)25(38)35-27(28)34-23/h3-6,16,20,30H,2,7-15H2,1H3,(H,29,36)(H,33,37)(H,39,40)(H3,28,31,34,35,38). The van der Waals surface area contributed by atoms with Crippen LogP contribution in [0.25, 0.3) is 11.2 Å². The Bertz CT molecular complexity index is 1420. The van der Waals surface area contributed by atoms with Crippen LogP contribution in [0.1, 0.15) is 35.8 Å². The van der Waals surface area contributed by atoms with E-state index in [2.05, 4.69) is 35.9 Å². The SMILES string of the molecule is CCOCCOCCOCCNC(=O)CCC(NC(=O)c1ccc(NCc2cnc3nc(N)[nH]c(=O)c3n2)cc1)C(=O)O. The lowest BCUT2D eigenvalue weighted by Crippen LogP contribution is -2.41. The fourth-order valence-corrected chi connectivity index (χ4v) is 3.70. The van der Waals surface area contributed by atoms with Gasteiger partial charge in [0.25, 0.3) is 11.5 Å². The van der Waals surface area contributed by atoms with Gasteiger partial charge in [0.15, 0.2) is 11.2 Å². The first-order valence-electron chi connectivity index (χ1n) is 13.7. The van der Waals surface area contributed by atoms with Crippen LogP contribution in [0, 0.1) is 0 Å². The number of aromatic amines is 1. The molecule has 0 aliphatic heterocycles. The van der Waals surface area contributed by atoms with Crippen molar-refractivity contribution in [2.24, 2.45) is 0 Å². The van der Waals surface area contributed by atoms with Crippen LogP contribution in [0.3, 0.4) is 0 Å². The van der Waals surface area contributed by atoms with Crippen molar-refractivity contribution in [2.75, 3.05) is 57.2 Å². The molecular weight excluding hydrogens is 564 g/mol. The fourth-order valence-electron chi connectivity index (χ4n) is 3.70. The summed E-state index contributed by atoms with van der Waals surface area (Å²) in [6, 6.07) is 5.07. The van der Waals surface area contributed by atoms with Gasteiger partial charge in [0.2, 0.25) is 11.9 Å². The number of ether oxygens (including phenoxy) is 3. The normalized spacial score (nSPS) is 11.7. The van der Waals surface area contributed by atoms with Crippen molar-refractivity contribution >= 4 is 40.6 Å². The number of hydrogen-bond donors (Lipinski definition) is 6. The molecule has 0 saturated carbocycles. The van der Waals surface area contributed by atoms with Gasteiger partial charge >= 0.3 is 5.97 Å². The van der Waals surface area contributed by atoms with E-state index in [-0.39, 0.29) is 61.1 Å². The molecule has 232 valence electrons. The zero-order chi connectivity index (χ0) is 31.0. The number of rotatable bonds is 19. The minimum atomic E-state index is -1.25. The van der Waals surface area contributed by atoms with E-state index < -0.39 is 23.5 Å². The smallest absolute Gasteiger partial charge is 0.326 e. The monoisotopic (exact) mass is 600 g/mol. The maximum absolute atomic E-state index is 12.7. The van der Waals surface area contributed by atoms with Gasteiger partial charge in [0, 0.05) is 30.8 Å². The Labute approximate surface area is 246 Å². The third kappa shape index (κ3) is 11.3. The molecule has 0 aliphatic carbocycles. The lowest BCUT2D eigenvalue weighted by atomic mass is 10.1. The summed E-state index contributed by atoms with van der Waals surface area (Å²) in [6.07, 6.45) is 1.29. The van der Waals surface area contributed by atoms with Crippen LogP contribution >= 0.6 is 0 Å². The Morgan fingerprint density at radius 1 is 1.02 bits per heavy atom. The van der Waals surface area contributed by atoms with E-state index in [0.717, 1.165) is 0 Å². The number of benzene rings is 1. The summed E-state index contributed by atoms with van der Waals surface area (Å²) in [6.45, 7) is 5.13. The lowest BCUT2D eigenvalue weighted by molar-refractivity contribution is -0.139. The summed E-state index contributed by atoms with van der Waals surface area (Å²) >= 11 is 0. The molecule has 7 N–H and O–H groups in total. The number of nitrogen functional groups attached to an aromatic ring is 1. The van der Waals surface area contributed by atoms with Gasteiger partial charge in [-0.3, -0.25) is 19.4 Å². The van der Waals surface area contributed by atoms with E-state index in [1.165, 1.54) is 18.3 Å². The minimum Gasteiger partial charge on any atom is -0.480 e. The molecule has 16 nitrogen and oxygen atoms in total. The number of anilines is 2. The van der Waals surface area contributed by atoms with Gasteiger partial charge in [0.1, 0.15) is 6.04 Å². The summed E-state index contributed by atoms with van der Waals surface area (Å²) in [7, 11) is 0. The predicted molar refractivity (Wildman–Crippen MR) is 155 cm³/mol. The van der Waals surface area contributed by atoms with E-state index in [1.807, 2.05) is 6.92 Å². The molecule has 43 heavy (non-hydrogen) atoms. The average molecular weight is 601 g/mol. The molecule has 3 aromatic rings. The van der Waals surface area contributed by atoms with Gasteiger partial charge in [-0.25, -0.2) is 14.8 Å². The number of nitrogens with zero attached hydrogens (tertiary/aromatic N) is 3. The van der Waals surface area contributed by atoms with Crippen molar-refractivity contribution in [1.29, 1.82) is 0 Å². The van der Waals surface area contributed by atoms with Crippen molar-refractivity contribution in [3.8, 4) is 0 Å². The Balaban J connectivity index is 1.38. The number of carbonyl (C=O) groups excluding carboxylic acids is 2. The highest BCUT2D eigenvalue weighted by molar-refractivity contribution is 5.97. The summed E-state index contributed by atoms with van der Waals surface area (Å²) < 4.78 is 15.8. The second-order valence-corrected chi connectivity index (χ2v) is 9.09. The number of fused-ring (bicyclic) bond motifs is 1. The highest BCUT2D eigenvalue weighted by atomic mass is 16.5. The molecule has 0 radical (unpaired) electrons. The molecule has 2 amide bonds. The number of amides is 2. The fraction of sp³-hybridized carbons (Fsp3) is 0.444. The zero-order valence-electron chi connectivity index (χ0n) is 23.8. The maximum atomic E-state index is 12.7.